The molecule has 1 aliphatic carbocycles. The Balaban J connectivity index is 2.06. The molecule has 0 aliphatic heterocycles. The van der Waals surface area contributed by atoms with Crippen molar-refractivity contribution in [1.82, 2.24) is 10.3 Å². The summed E-state index contributed by atoms with van der Waals surface area (Å²) in [6.07, 6.45) is 6.03. The third-order valence-electron chi connectivity index (χ3n) is 6.56. The maximum atomic E-state index is 13.0. The highest BCUT2D eigenvalue weighted by Gasteiger charge is 2.33. The largest absolute Gasteiger partial charge is 0.493 e. The molecule has 1 saturated carbocycles. The summed E-state index contributed by atoms with van der Waals surface area (Å²) in [6, 6.07) is 0.545. The Morgan fingerprint density at radius 3 is 2.42 bits per heavy atom. The van der Waals surface area contributed by atoms with Gasteiger partial charge in [0.15, 0.2) is 17.2 Å². The molecule has 2 rings (SSSR count). The topological polar surface area (TPSA) is 122 Å². The molecule has 10 nitrogen and oxygen atoms in total. The zero-order valence-electron chi connectivity index (χ0n) is 23.8. The van der Waals surface area contributed by atoms with Crippen molar-refractivity contribution in [2.24, 2.45) is 17.8 Å². The normalized spacial score (nSPS) is 16.2. The van der Waals surface area contributed by atoms with Crippen LogP contribution in [-0.2, 0) is 23.8 Å². The van der Waals surface area contributed by atoms with Crippen molar-refractivity contribution in [1.29, 1.82) is 0 Å². The van der Waals surface area contributed by atoms with Gasteiger partial charge in [-0.3, -0.25) is 9.59 Å². The van der Waals surface area contributed by atoms with Crippen LogP contribution in [0, 0.1) is 17.8 Å². The van der Waals surface area contributed by atoms with E-state index < -0.39 is 36.8 Å². The summed E-state index contributed by atoms with van der Waals surface area (Å²) in [4.78, 5) is 41.1. The van der Waals surface area contributed by atoms with E-state index in [2.05, 4.69) is 31.1 Å². The van der Waals surface area contributed by atoms with Gasteiger partial charge >= 0.3 is 11.9 Å². The van der Waals surface area contributed by atoms with Gasteiger partial charge in [0.2, 0.25) is 6.79 Å². The van der Waals surface area contributed by atoms with Gasteiger partial charge in [0.1, 0.15) is 12.1 Å². The monoisotopic (exact) mass is 536 g/mol. The number of pyridine rings is 1. The molecule has 0 aromatic carbocycles. The van der Waals surface area contributed by atoms with Gasteiger partial charge < -0.3 is 29.0 Å². The van der Waals surface area contributed by atoms with Crippen molar-refractivity contribution in [3.63, 3.8) is 0 Å². The SMILES string of the molecule is CC[C@@H](CCC(C)C)[C@H](OCC1CC1)[C@H](C)OC(=O)[C@H](C)NC(=O)c1nccc(OC)c1OCOC(C)=O. The van der Waals surface area contributed by atoms with Crippen molar-refractivity contribution in [3.05, 3.63) is 18.0 Å². The summed E-state index contributed by atoms with van der Waals surface area (Å²) in [7, 11) is 1.41. The second-order valence-corrected chi connectivity index (χ2v) is 10.3. The molecule has 0 radical (unpaired) electrons. The highest BCUT2D eigenvalue weighted by Crippen LogP contribution is 2.32. The molecule has 0 unspecified atom stereocenters. The maximum absolute atomic E-state index is 13.0. The van der Waals surface area contributed by atoms with Crippen LogP contribution in [0.4, 0.5) is 0 Å². The van der Waals surface area contributed by atoms with Gasteiger partial charge in [0.05, 0.1) is 13.2 Å². The molecule has 1 N–H and O–H groups in total. The average Bonchev–Trinajstić information content (AvgIpc) is 3.69. The molecule has 10 heteroatoms. The van der Waals surface area contributed by atoms with E-state index in [0.29, 0.717) is 18.4 Å². The summed E-state index contributed by atoms with van der Waals surface area (Å²) in [6.45, 7) is 11.4. The number of nitrogens with zero attached hydrogens (tertiary/aromatic N) is 1. The first-order chi connectivity index (χ1) is 18.1. The molecule has 1 aromatic rings. The summed E-state index contributed by atoms with van der Waals surface area (Å²) in [5, 5.41) is 2.61. The molecule has 0 spiro atoms. The van der Waals surface area contributed by atoms with Crippen LogP contribution >= 0.6 is 0 Å². The van der Waals surface area contributed by atoms with E-state index in [1.165, 1.54) is 39.1 Å². The van der Waals surface area contributed by atoms with Gasteiger partial charge in [0, 0.05) is 25.8 Å². The minimum Gasteiger partial charge on any atom is -0.493 e. The fourth-order valence-electron chi connectivity index (χ4n) is 4.07. The van der Waals surface area contributed by atoms with Crippen molar-refractivity contribution in [3.8, 4) is 11.5 Å². The van der Waals surface area contributed by atoms with Crippen LogP contribution in [0.1, 0.15) is 84.1 Å². The molecule has 1 fully saturated rings. The number of amides is 1. The van der Waals surface area contributed by atoms with Crippen LogP contribution in [0.25, 0.3) is 0 Å². The fourth-order valence-corrected chi connectivity index (χ4v) is 4.07. The van der Waals surface area contributed by atoms with Crippen molar-refractivity contribution in [2.45, 2.75) is 91.9 Å². The van der Waals surface area contributed by atoms with E-state index in [-0.39, 0.29) is 29.2 Å². The Morgan fingerprint density at radius 1 is 1.13 bits per heavy atom. The van der Waals surface area contributed by atoms with Crippen molar-refractivity contribution in [2.75, 3.05) is 20.5 Å². The number of aromatic nitrogens is 1. The first-order valence-electron chi connectivity index (χ1n) is 13.5. The second kappa shape index (κ2) is 15.5. The fraction of sp³-hybridized carbons (Fsp3) is 0.714. The van der Waals surface area contributed by atoms with Gasteiger partial charge in [-0.15, -0.1) is 0 Å². The van der Waals surface area contributed by atoms with Gasteiger partial charge in [-0.1, -0.05) is 33.6 Å². The molecule has 0 saturated heterocycles. The molecule has 0 bridgehead atoms. The summed E-state index contributed by atoms with van der Waals surface area (Å²) >= 11 is 0. The Morgan fingerprint density at radius 2 is 1.84 bits per heavy atom. The van der Waals surface area contributed by atoms with E-state index >= 15 is 0 Å². The number of hydrogen-bond acceptors (Lipinski definition) is 9. The van der Waals surface area contributed by atoms with Crippen molar-refractivity contribution >= 4 is 17.8 Å². The van der Waals surface area contributed by atoms with E-state index in [1.54, 1.807) is 6.92 Å². The van der Waals surface area contributed by atoms with Crippen LogP contribution in [0.2, 0.25) is 0 Å². The first kappa shape index (κ1) is 31.3. The predicted octanol–water partition coefficient (Wildman–Crippen LogP) is 4.30. The van der Waals surface area contributed by atoms with Crippen molar-refractivity contribution < 1.29 is 38.1 Å². The average molecular weight is 537 g/mol. The smallest absolute Gasteiger partial charge is 0.328 e. The highest BCUT2D eigenvalue weighted by atomic mass is 16.7. The van der Waals surface area contributed by atoms with Crippen LogP contribution in [0.15, 0.2) is 12.3 Å². The Labute approximate surface area is 226 Å². The summed E-state index contributed by atoms with van der Waals surface area (Å²) in [5.41, 5.74) is -0.116. The lowest BCUT2D eigenvalue weighted by Gasteiger charge is -2.32. The molecule has 1 aromatic heterocycles. The molecular formula is C28H44N2O8. The van der Waals surface area contributed by atoms with E-state index in [1.807, 2.05) is 6.92 Å². The first-order valence-corrected chi connectivity index (χ1v) is 13.5. The lowest BCUT2D eigenvalue weighted by atomic mass is 9.88. The zero-order chi connectivity index (χ0) is 28.2. The molecule has 4 atom stereocenters. The van der Waals surface area contributed by atoms with E-state index in [0.717, 1.165) is 19.3 Å². The predicted molar refractivity (Wildman–Crippen MR) is 141 cm³/mol. The quantitative estimate of drug-likeness (QED) is 0.229. The molecule has 1 amide bonds. The van der Waals surface area contributed by atoms with Crippen LogP contribution in [0.5, 0.6) is 11.5 Å². The number of carbonyl (C=O) groups is 3. The van der Waals surface area contributed by atoms with Gasteiger partial charge in [-0.2, -0.15) is 0 Å². The lowest BCUT2D eigenvalue weighted by molar-refractivity contribution is -0.162. The minimum absolute atomic E-state index is 0.00725. The molecule has 38 heavy (non-hydrogen) atoms. The van der Waals surface area contributed by atoms with Crippen LogP contribution < -0.4 is 14.8 Å². The minimum atomic E-state index is -0.959. The number of rotatable bonds is 17. The lowest BCUT2D eigenvalue weighted by Crippen LogP contribution is -2.44. The number of ether oxygens (including phenoxy) is 5. The number of nitrogens with one attached hydrogen (secondary N) is 1. The molecular weight excluding hydrogens is 492 g/mol. The van der Waals surface area contributed by atoms with E-state index in [9.17, 15) is 14.4 Å². The van der Waals surface area contributed by atoms with E-state index in [4.69, 9.17) is 23.7 Å². The summed E-state index contributed by atoms with van der Waals surface area (Å²) < 4.78 is 27.6. The third kappa shape index (κ3) is 10.1. The van der Waals surface area contributed by atoms with Crippen LogP contribution in [-0.4, -0.2) is 61.6 Å². The Bertz CT molecular complexity index is 918. The third-order valence-corrected chi connectivity index (χ3v) is 6.56. The molecule has 1 heterocycles. The molecule has 1 aliphatic rings. The summed E-state index contributed by atoms with van der Waals surface area (Å²) in [5.74, 6) is -0.127. The standard InChI is InChI=1S/C28H44N2O8/c1-8-22(12-9-17(2)3)25(35-15-21-10-11-21)19(5)38-28(33)18(4)30-27(32)24-26(37-16-36-20(6)31)23(34-7)13-14-29-24/h13-14,17-19,21-22,25H,8-12,15-16H2,1-7H3,(H,30,32)/t18-,19-,22-,25+/m0/s1. The van der Waals surface area contributed by atoms with Gasteiger partial charge in [0.25, 0.3) is 5.91 Å². The highest BCUT2D eigenvalue weighted by molar-refractivity contribution is 5.98. The number of methoxy groups -OCH3 is 1. The maximum Gasteiger partial charge on any atom is 0.328 e. The van der Waals surface area contributed by atoms with Gasteiger partial charge in [-0.05, 0) is 50.9 Å². The number of esters is 2. The Hall–Kier alpha value is -2.88. The molecule has 214 valence electrons. The Kier molecular flexibility index (Phi) is 12.8. The number of carbonyl (C=O) groups excluding carboxylic acids is 3. The van der Waals surface area contributed by atoms with Crippen LogP contribution in [0.3, 0.4) is 0 Å². The second-order valence-electron chi connectivity index (χ2n) is 10.3. The zero-order valence-corrected chi connectivity index (χ0v) is 23.8. The van der Waals surface area contributed by atoms with Gasteiger partial charge in [-0.25, -0.2) is 9.78 Å². The number of hydrogen-bond donors (Lipinski definition) is 1.